The summed E-state index contributed by atoms with van der Waals surface area (Å²) in [6, 6.07) is 10.7. The molecule has 1 aromatic carbocycles. The van der Waals surface area contributed by atoms with Crippen LogP contribution in [0, 0.1) is 0 Å². The second-order valence-corrected chi connectivity index (χ2v) is 6.21. The summed E-state index contributed by atoms with van der Waals surface area (Å²) >= 11 is 6.05. The molecule has 1 aliphatic rings. The number of aromatic amines is 1. The van der Waals surface area contributed by atoms with Gasteiger partial charge in [0.1, 0.15) is 11.5 Å². The molecule has 4 rings (SSSR count). The highest BCUT2D eigenvalue weighted by Gasteiger charge is 2.24. The smallest absolute Gasteiger partial charge is 0.226 e. The summed E-state index contributed by atoms with van der Waals surface area (Å²) in [4.78, 5) is 13.9. The Labute approximate surface area is 147 Å². The molecule has 3 aromatic rings. The summed E-state index contributed by atoms with van der Waals surface area (Å²) in [5.41, 5.74) is 3.74. The first kappa shape index (κ1) is 16.8. The van der Waals surface area contributed by atoms with E-state index in [1.165, 1.54) is 24.0 Å². The van der Waals surface area contributed by atoms with Gasteiger partial charge in [0.2, 0.25) is 5.28 Å². The fraction of sp³-hybridized carbons (Fsp3) is 0.368. The third-order valence-corrected chi connectivity index (χ3v) is 4.65. The minimum Gasteiger partial charge on any atom is -0.358 e. The van der Waals surface area contributed by atoms with Crippen molar-refractivity contribution in [3.63, 3.8) is 0 Å². The Morgan fingerprint density at radius 1 is 1.21 bits per heavy atom. The molecule has 0 radical (unpaired) electrons. The van der Waals surface area contributed by atoms with Gasteiger partial charge in [-0.2, -0.15) is 9.97 Å². The van der Waals surface area contributed by atoms with Crippen molar-refractivity contribution >= 4 is 28.5 Å². The topological polar surface area (TPSA) is 44.8 Å². The lowest BCUT2D eigenvalue weighted by atomic mass is 10.0. The van der Waals surface area contributed by atoms with Gasteiger partial charge >= 0.3 is 0 Å². The van der Waals surface area contributed by atoms with Crippen LogP contribution in [0.2, 0.25) is 5.28 Å². The van der Waals surface area contributed by atoms with Gasteiger partial charge in [0.05, 0.1) is 5.39 Å². The van der Waals surface area contributed by atoms with Crippen LogP contribution < -0.4 is 4.90 Å². The molecule has 0 unspecified atom stereocenters. The highest BCUT2D eigenvalue weighted by Crippen LogP contribution is 2.34. The van der Waals surface area contributed by atoms with Crippen LogP contribution in [0.1, 0.15) is 37.3 Å². The predicted molar refractivity (Wildman–Crippen MR) is 101 cm³/mol. The molecule has 0 bridgehead atoms. The number of halogens is 1. The summed E-state index contributed by atoms with van der Waals surface area (Å²) in [5.74, 6) is 1.43. The maximum absolute atomic E-state index is 6.05. The monoisotopic (exact) mass is 342 g/mol. The van der Waals surface area contributed by atoms with Crippen LogP contribution in [0.15, 0.2) is 36.5 Å². The minimum atomic E-state index is 0.281. The van der Waals surface area contributed by atoms with E-state index in [1.807, 2.05) is 26.1 Å². The Bertz CT molecular complexity index is 827. The fourth-order valence-electron chi connectivity index (χ4n) is 3.44. The average molecular weight is 343 g/mol. The third kappa shape index (κ3) is 3.11. The Balaban J connectivity index is 0.000000815. The third-order valence-electron chi connectivity index (χ3n) is 4.48. The number of anilines is 1. The highest BCUT2D eigenvalue weighted by atomic mass is 35.5. The Hall–Kier alpha value is -2.07. The van der Waals surface area contributed by atoms with Crippen LogP contribution in [0.25, 0.3) is 11.0 Å². The van der Waals surface area contributed by atoms with E-state index in [1.54, 1.807) is 0 Å². The zero-order chi connectivity index (χ0) is 17.1. The van der Waals surface area contributed by atoms with Gasteiger partial charge in [-0.05, 0) is 41.6 Å². The van der Waals surface area contributed by atoms with E-state index in [9.17, 15) is 0 Å². The second kappa shape index (κ2) is 7.22. The van der Waals surface area contributed by atoms with Crippen molar-refractivity contribution in [1.29, 1.82) is 0 Å². The van der Waals surface area contributed by atoms with Crippen molar-refractivity contribution in [1.82, 2.24) is 15.0 Å². The van der Waals surface area contributed by atoms with Crippen molar-refractivity contribution in [2.45, 2.75) is 32.6 Å². The number of benzene rings is 1. The van der Waals surface area contributed by atoms with E-state index in [4.69, 9.17) is 11.6 Å². The lowest BCUT2D eigenvalue weighted by molar-refractivity contribution is 0.661. The van der Waals surface area contributed by atoms with E-state index in [0.717, 1.165) is 23.4 Å². The molecule has 5 heteroatoms. The van der Waals surface area contributed by atoms with Crippen LogP contribution in [0.5, 0.6) is 0 Å². The molecule has 0 amide bonds. The molecular weight excluding hydrogens is 320 g/mol. The number of aryl methyl sites for hydroxylation is 1. The molecular formula is C19H23ClN4. The summed E-state index contributed by atoms with van der Waals surface area (Å²) in [5, 5.41) is 1.29. The Morgan fingerprint density at radius 3 is 2.83 bits per heavy atom. The van der Waals surface area contributed by atoms with Crippen LogP contribution in [-0.4, -0.2) is 28.5 Å². The summed E-state index contributed by atoms with van der Waals surface area (Å²) in [7, 11) is 2.08. The number of likely N-dealkylation sites (N-methyl/N-ethyl adjacent to an activating group) is 1. The van der Waals surface area contributed by atoms with Crippen LogP contribution in [-0.2, 0) is 6.42 Å². The molecule has 0 spiro atoms. The first-order chi connectivity index (χ1) is 11.7. The number of H-pyrrole nitrogens is 1. The number of hydrogen-bond donors (Lipinski definition) is 1. The van der Waals surface area contributed by atoms with E-state index in [-0.39, 0.29) is 5.28 Å². The van der Waals surface area contributed by atoms with Crippen molar-refractivity contribution in [2.24, 2.45) is 0 Å². The molecule has 0 saturated heterocycles. The number of rotatable bonds is 3. The van der Waals surface area contributed by atoms with Crippen LogP contribution in [0.3, 0.4) is 0 Å². The lowest BCUT2D eigenvalue weighted by Gasteiger charge is -2.23. The predicted octanol–water partition coefficient (Wildman–Crippen LogP) is 4.80. The maximum atomic E-state index is 6.05. The molecule has 1 atom stereocenters. The van der Waals surface area contributed by atoms with E-state index in [0.29, 0.717) is 5.92 Å². The fourth-order valence-corrected chi connectivity index (χ4v) is 3.61. The summed E-state index contributed by atoms with van der Waals surface area (Å²) in [6.07, 6.45) is 4.23. The molecule has 2 aromatic heterocycles. The van der Waals surface area contributed by atoms with Crippen molar-refractivity contribution in [3.05, 3.63) is 52.9 Å². The Kier molecular flexibility index (Phi) is 5.05. The van der Waals surface area contributed by atoms with Gasteiger partial charge in [-0.1, -0.05) is 38.1 Å². The molecule has 0 saturated carbocycles. The molecule has 4 nitrogen and oxygen atoms in total. The minimum absolute atomic E-state index is 0.281. The van der Waals surface area contributed by atoms with Crippen molar-refractivity contribution in [2.75, 3.05) is 18.5 Å². The number of nitrogens with zero attached hydrogens (tertiary/aromatic N) is 3. The lowest BCUT2D eigenvalue weighted by Crippen LogP contribution is -2.24. The number of aromatic nitrogens is 3. The molecule has 24 heavy (non-hydrogen) atoms. The molecule has 2 heterocycles. The molecule has 0 aliphatic heterocycles. The molecule has 0 fully saturated rings. The summed E-state index contributed by atoms with van der Waals surface area (Å²) in [6.45, 7) is 4.94. The number of fused-ring (bicyclic) bond motifs is 2. The zero-order valence-corrected chi connectivity index (χ0v) is 15.1. The average Bonchev–Trinajstić information content (AvgIpc) is 3.23. The maximum Gasteiger partial charge on any atom is 0.226 e. The normalized spacial score (nSPS) is 15.8. The van der Waals surface area contributed by atoms with Crippen molar-refractivity contribution < 1.29 is 0 Å². The van der Waals surface area contributed by atoms with Gasteiger partial charge in [0, 0.05) is 25.7 Å². The highest BCUT2D eigenvalue weighted by molar-refractivity contribution is 6.28. The largest absolute Gasteiger partial charge is 0.358 e. The number of hydrogen-bond acceptors (Lipinski definition) is 3. The molecule has 1 aliphatic carbocycles. The second-order valence-electron chi connectivity index (χ2n) is 5.87. The van der Waals surface area contributed by atoms with Gasteiger partial charge in [0.25, 0.3) is 0 Å². The van der Waals surface area contributed by atoms with Crippen LogP contribution in [0.4, 0.5) is 5.82 Å². The SMILES string of the molecule is CC.CN(C[C@H]1CCc2ccccc21)c1nc(Cl)nc2[nH]ccc12. The van der Waals surface area contributed by atoms with Crippen LogP contribution >= 0.6 is 11.6 Å². The van der Waals surface area contributed by atoms with E-state index in [2.05, 4.69) is 51.2 Å². The standard InChI is InChI=1S/C17H17ClN4.C2H6/c1-22(10-12-7-6-11-4-2-3-5-13(11)12)16-14-8-9-19-15(14)20-17(18)21-16;1-2/h2-5,8-9,12H,6-7,10H2,1H3,(H,19,20,21);1-2H3/t12-;/m1./s1. The summed E-state index contributed by atoms with van der Waals surface area (Å²) < 4.78 is 0. The van der Waals surface area contributed by atoms with E-state index < -0.39 is 0 Å². The Morgan fingerprint density at radius 2 is 2.00 bits per heavy atom. The zero-order valence-electron chi connectivity index (χ0n) is 14.4. The van der Waals surface area contributed by atoms with Gasteiger partial charge in [-0.3, -0.25) is 0 Å². The molecule has 1 N–H and O–H groups in total. The van der Waals surface area contributed by atoms with E-state index >= 15 is 0 Å². The van der Waals surface area contributed by atoms with Crippen molar-refractivity contribution in [3.8, 4) is 0 Å². The molecule has 126 valence electrons. The van der Waals surface area contributed by atoms with Gasteiger partial charge in [-0.15, -0.1) is 0 Å². The first-order valence-corrected chi connectivity index (χ1v) is 8.90. The van der Waals surface area contributed by atoms with Gasteiger partial charge in [0.15, 0.2) is 0 Å². The first-order valence-electron chi connectivity index (χ1n) is 8.52. The quantitative estimate of drug-likeness (QED) is 0.695. The number of nitrogens with one attached hydrogen (secondary N) is 1. The van der Waals surface area contributed by atoms with Gasteiger partial charge < -0.3 is 9.88 Å². The van der Waals surface area contributed by atoms with Gasteiger partial charge in [-0.25, -0.2) is 0 Å².